The van der Waals surface area contributed by atoms with Gasteiger partial charge in [0.05, 0.1) is 11.4 Å². The molecule has 3 N–H and O–H groups in total. The maximum absolute atomic E-state index is 11.8. The van der Waals surface area contributed by atoms with E-state index in [1.54, 1.807) is 12.1 Å². The SMILES string of the molecule is CNS(=O)(=O)c1ccc(NC(=O)CNc2ccccc2)cc1. The average Bonchev–Trinajstić information content (AvgIpc) is 2.54. The van der Waals surface area contributed by atoms with Crippen LogP contribution >= 0.6 is 0 Å². The Morgan fingerprint density at radius 2 is 1.59 bits per heavy atom. The Kier molecular flexibility index (Phi) is 5.13. The summed E-state index contributed by atoms with van der Waals surface area (Å²) in [4.78, 5) is 12.0. The van der Waals surface area contributed by atoms with Gasteiger partial charge in [0.2, 0.25) is 15.9 Å². The highest BCUT2D eigenvalue weighted by atomic mass is 32.2. The van der Waals surface area contributed by atoms with Crippen molar-refractivity contribution in [3.05, 3.63) is 54.6 Å². The van der Waals surface area contributed by atoms with Crippen molar-refractivity contribution in [3.63, 3.8) is 0 Å². The van der Waals surface area contributed by atoms with Gasteiger partial charge in [0.1, 0.15) is 0 Å². The average molecular weight is 319 g/mol. The summed E-state index contributed by atoms with van der Waals surface area (Å²) in [7, 11) is -2.12. The Morgan fingerprint density at radius 1 is 0.955 bits per heavy atom. The Labute approximate surface area is 129 Å². The molecule has 0 aliphatic heterocycles. The lowest BCUT2D eigenvalue weighted by atomic mass is 10.3. The van der Waals surface area contributed by atoms with Gasteiger partial charge in [-0.1, -0.05) is 18.2 Å². The number of carbonyl (C=O) groups excluding carboxylic acids is 1. The van der Waals surface area contributed by atoms with Crippen LogP contribution in [0.1, 0.15) is 0 Å². The predicted molar refractivity (Wildman–Crippen MR) is 86.2 cm³/mol. The van der Waals surface area contributed by atoms with Gasteiger partial charge in [-0.15, -0.1) is 0 Å². The lowest BCUT2D eigenvalue weighted by Gasteiger charge is -2.08. The van der Waals surface area contributed by atoms with Crippen molar-refractivity contribution in [2.24, 2.45) is 0 Å². The minimum absolute atomic E-state index is 0.126. The second-order valence-electron chi connectivity index (χ2n) is 4.50. The molecular weight excluding hydrogens is 302 g/mol. The molecule has 0 radical (unpaired) electrons. The summed E-state index contributed by atoms with van der Waals surface area (Å²) in [6, 6.07) is 15.3. The van der Waals surface area contributed by atoms with E-state index < -0.39 is 10.0 Å². The number of para-hydroxylation sites is 1. The van der Waals surface area contributed by atoms with Crippen LogP contribution in [0.15, 0.2) is 59.5 Å². The Bertz CT molecular complexity index is 728. The first-order valence-electron chi connectivity index (χ1n) is 6.63. The number of sulfonamides is 1. The van der Waals surface area contributed by atoms with Crippen LogP contribution < -0.4 is 15.4 Å². The Hall–Kier alpha value is -2.38. The standard InChI is InChI=1S/C15H17N3O3S/c1-16-22(20,21)14-9-7-13(8-10-14)18-15(19)11-17-12-5-3-2-4-6-12/h2-10,16-17H,11H2,1H3,(H,18,19). The highest BCUT2D eigenvalue weighted by Gasteiger charge is 2.10. The number of hydrogen-bond donors (Lipinski definition) is 3. The van der Waals surface area contributed by atoms with Crippen LogP contribution in [0.25, 0.3) is 0 Å². The third-order valence-electron chi connectivity index (χ3n) is 2.94. The van der Waals surface area contributed by atoms with E-state index >= 15 is 0 Å². The van der Waals surface area contributed by atoms with Gasteiger partial charge in [0.25, 0.3) is 0 Å². The molecule has 0 saturated carbocycles. The van der Waals surface area contributed by atoms with Crippen molar-refractivity contribution in [3.8, 4) is 0 Å². The fourth-order valence-corrected chi connectivity index (χ4v) is 2.51. The lowest BCUT2D eigenvalue weighted by Crippen LogP contribution is -2.22. The largest absolute Gasteiger partial charge is 0.376 e. The normalized spacial score (nSPS) is 11.0. The van der Waals surface area contributed by atoms with Gasteiger partial charge in [-0.3, -0.25) is 4.79 Å². The first-order valence-corrected chi connectivity index (χ1v) is 8.12. The number of rotatable bonds is 6. The van der Waals surface area contributed by atoms with Crippen LogP contribution in [0, 0.1) is 0 Å². The van der Waals surface area contributed by atoms with Crippen molar-refractivity contribution in [2.75, 3.05) is 24.2 Å². The predicted octanol–water partition coefficient (Wildman–Crippen LogP) is 1.65. The van der Waals surface area contributed by atoms with Gasteiger partial charge >= 0.3 is 0 Å². The number of benzene rings is 2. The summed E-state index contributed by atoms with van der Waals surface area (Å²) < 4.78 is 25.4. The summed E-state index contributed by atoms with van der Waals surface area (Å²) in [5.74, 6) is -0.215. The first kappa shape index (κ1) is 16.0. The molecule has 0 unspecified atom stereocenters. The molecule has 22 heavy (non-hydrogen) atoms. The van der Waals surface area contributed by atoms with Gasteiger partial charge in [0.15, 0.2) is 0 Å². The highest BCUT2D eigenvalue weighted by Crippen LogP contribution is 2.13. The summed E-state index contributed by atoms with van der Waals surface area (Å²) in [5.41, 5.74) is 1.39. The van der Waals surface area contributed by atoms with Crippen molar-refractivity contribution in [2.45, 2.75) is 4.90 Å². The first-order chi connectivity index (χ1) is 10.5. The molecule has 0 aliphatic rings. The monoisotopic (exact) mass is 319 g/mol. The molecule has 0 aromatic heterocycles. The summed E-state index contributed by atoms with van der Waals surface area (Å²) >= 11 is 0. The van der Waals surface area contributed by atoms with Gasteiger partial charge < -0.3 is 10.6 Å². The van der Waals surface area contributed by atoms with Crippen LogP contribution in [0.5, 0.6) is 0 Å². The second kappa shape index (κ2) is 7.06. The number of hydrogen-bond acceptors (Lipinski definition) is 4. The maximum atomic E-state index is 11.8. The molecule has 116 valence electrons. The second-order valence-corrected chi connectivity index (χ2v) is 6.39. The fraction of sp³-hybridized carbons (Fsp3) is 0.133. The number of nitrogens with one attached hydrogen (secondary N) is 3. The molecule has 0 spiro atoms. The topological polar surface area (TPSA) is 87.3 Å². The zero-order valence-electron chi connectivity index (χ0n) is 12.0. The maximum Gasteiger partial charge on any atom is 0.243 e. The molecule has 2 rings (SSSR count). The van der Waals surface area contributed by atoms with E-state index in [-0.39, 0.29) is 17.3 Å². The van der Waals surface area contributed by atoms with Crippen molar-refractivity contribution >= 4 is 27.3 Å². The highest BCUT2D eigenvalue weighted by molar-refractivity contribution is 7.89. The third-order valence-corrected chi connectivity index (χ3v) is 4.37. The van der Waals surface area contributed by atoms with Crippen molar-refractivity contribution < 1.29 is 13.2 Å². The molecule has 2 aromatic carbocycles. The molecule has 0 atom stereocenters. The van der Waals surface area contributed by atoms with E-state index in [0.29, 0.717) is 5.69 Å². The van der Waals surface area contributed by atoms with Gasteiger partial charge in [-0.05, 0) is 43.4 Å². The molecular formula is C15H17N3O3S. The van der Waals surface area contributed by atoms with E-state index in [4.69, 9.17) is 0 Å². The van der Waals surface area contributed by atoms with Crippen LogP contribution in [0.2, 0.25) is 0 Å². The minimum Gasteiger partial charge on any atom is -0.376 e. The molecule has 0 saturated heterocycles. The number of carbonyl (C=O) groups is 1. The minimum atomic E-state index is -3.46. The van der Waals surface area contributed by atoms with Crippen LogP contribution in [-0.4, -0.2) is 27.9 Å². The van der Waals surface area contributed by atoms with Crippen molar-refractivity contribution in [1.29, 1.82) is 0 Å². The molecule has 0 aliphatic carbocycles. The third kappa shape index (κ3) is 4.31. The van der Waals surface area contributed by atoms with Crippen LogP contribution in [-0.2, 0) is 14.8 Å². The molecule has 7 heteroatoms. The zero-order valence-corrected chi connectivity index (χ0v) is 12.9. The van der Waals surface area contributed by atoms with E-state index in [1.165, 1.54) is 19.2 Å². The fourth-order valence-electron chi connectivity index (χ4n) is 1.78. The summed E-state index contributed by atoms with van der Waals surface area (Å²) in [6.07, 6.45) is 0. The number of anilines is 2. The van der Waals surface area contributed by atoms with Crippen LogP contribution in [0.4, 0.5) is 11.4 Å². The Balaban J connectivity index is 1.92. The summed E-state index contributed by atoms with van der Waals surface area (Å²) in [5, 5.41) is 5.68. The smallest absolute Gasteiger partial charge is 0.243 e. The van der Waals surface area contributed by atoms with Gasteiger partial charge in [0, 0.05) is 11.4 Å². The van der Waals surface area contributed by atoms with Gasteiger partial charge in [-0.2, -0.15) is 0 Å². The zero-order chi connectivity index (χ0) is 16.0. The van der Waals surface area contributed by atoms with Crippen molar-refractivity contribution in [1.82, 2.24) is 4.72 Å². The Morgan fingerprint density at radius 3 is 2.18 bits per heavy atom. The van der Waals surface area contributed by atoms with E-state index in [0.717, 1.165) is 5.69 Å². The number of amides is 1. The molecule has 0 bridgehead atoms. The van der Waals surface area contributed by atoms with Gasteiger partial charge in [-0.25, -0.2) is 13.1 Å². The molecule has 0 fully saturated rings. The quantitative estimate of drug-likeness (QED) is 0.755. The molecule has 1 amide bonds. The molecule has 0 heterocycles. The van der Waals surface area contributed by atoms with E-state index in [2.05, 4.69) is 15.4 Å². The van der Waals surface area contributed by atoms with E-state index in [9.17, 15) is 13.2 Å². The van der Waals surface area contributed by atoms with E-state index in [1.807, 2.05) is 30.3 Å². The molecule has 6 nitrogen and oxygen atoms in total. The molecule has 2 aromatic rings. The lowest BCUT2D eigenvalue weighted by molar-refractivity contribution is -0.114. The van der Waals surface area contributed by atoms with Crippen LogP contribution in [0.3, 0.4) is 0 Å². The summed E-state index contributed by atoms with van der Waals surface area (Å²) in [6.45, 7) is 0.126.